The molecule has 202 valence electrons. The van der Waals surface area contributed by atoms with Crippen molar-refractivity contribution in [1.29, 1.82) is 0 Å². The minimum absolute atomic E-state index is 0.992. The summed E-state index contributed by atoms with van der Waals surface area (Å²) in [6.07, 6.45) is 1.98. The van der Waals surface area contributed by atoms with E-state index >= 15 is 0 Å². The Hall–Kier alpha value is -5.46. The van der Waals surface area contributed by atoms with Crippen molar-refractivity contribution in [2.75, 3.05) is 0 Å². The molecule has 9 aromatic rings. The molecule has 0 spiro atoms. The largest absolute Gasteiger partial charge is 0.0616 e. The molecule has 0 fully saturated rings. The van der Waals surface area contributed by atoms with Crippen LogP contribution in [0.2, 0.25) is 0 Å². The zero-order valence-corrected chi connectivity index (χ0v) is 24.1. The van der Waals surface area contributed by atoms with E-state index in [1.54, 1.807) is 0 Å². The van der Waals surface area contributed by atoms with E-state index in [2.05, 4.69) is 133 Å². The summed E-state index contributed by atoms with van der Waals surface area (Å²) in [6.45, 7) is 0. The van der Waals surface area contributed by atoms with E-state index in [0.717, 1.165) is 12.8 Å². The first-order chi connectivity index (χ1) is 21.8. The lowest BCUT2D eigenvalue weighted by Gasteiger charge is -2.13. The standard InChI is InChI=1S/C44H26/c1-5-13-33-29(9-1)31-11-3-7-15-35(31)43-23-39-27(21-41(33)43)17-25-19-38-26(20-37(25)39)18-28-22-42-34-14-6-2-10-30(34)32-12-4-8-16-36(32)44(42)24-40(28)38/h1-16,19-24H,17-18H2. The van der Waals surface area contributed by atoms with Crippen LogP contribution in [-0.2, 0) is 12.8 Å². The van der Waals surface area contributed by atoms with E-state index in [-0.39, 0.29) is 0 Å². The Morgan fingerprint density at radius 1 is 0.227 bits per heavy atom. The van der Waals surface area contributed by atoms with Crippen molar-refractivity contribution in [3.63, 3.8) is 0 Å². The number of rotatable bonds is 0. The molecule has 0 bridgehead atoms. The molecule has 0 saturated carbocycles. The first-order valence-corrected chi connectivity index (χ1v) is 15.7. The van der Waals surface area contributed by atoms with Gasteiger partial charge in [-0.15, -0.1) is 0 Å². The fourth-order valence-electron chi connectivity index (χ4n) is 8.68. The van der Waals surface area contributed by atoms with Crippen molar-refractivity contribution in [3.05, 3.63) is 156 Å². The van der Waals surface area contributed by atoms with E-state index in [1.165, 1.54) is 109 Å². The second-order valence-corrected chi connectivity index (χ2v) is 12.8. The summed E-state index contributed by atoms with van der Waals surface area (Å²) in [5.41, 5.74) is 11.5. The number of hydrogen-bond acceptors (Lipinski definition) is 0. The van der Waals surface area contributed by atoms with Gasteiger partial charge < -0.3 is 0 Å². The Kier molecular flexibility index (Phi) is 4.26. The zero-order valence-electron chi connectivity index (χ0n) is 24.1. The molecule has 44 heavy (non-hydrogen) atoms. The van der Waals surface area contributed by atoms with Gasteiger partial charge in [0.2, 0.25) is 0 Å². The molecule has 0 aliphatic heterocycles. The summed E-state index contributed by atoms with van der Waals surface area (Å²) >= 11 is 0. The highest BCUT2D eigenvalue weighted by molar-refractivity contribution is 6.27. The quantitative estimate of drug-likeness (QED) is 0.164. The molecule has 0 unspecified atom stereocenters. The van der Waals surface area contributed by atoms with Gasteiger partial charge in [-0.2, -0.15) is 0 Å². The highest BCUT2D eigenvalue weighted by Gasteiger charge is 2.27. The molecule has 0 atom stereocenters. The first kappa shape index (κ1) is 23.1. The second kappa shape index (κ2) is 8.13. The Balaban J connectivity index is 1.14. The fraction of sp³-hybridized carbons (Fsp3) is 0.0455. The molecule has 0 aromatic heterocycles. The molecular weight excluding hydrogens is 528 g/mol. The number of fused-ring (bicyclic) bond motifs is 18. The Labute approximate surface area is 254 Å². The predicted molar refractivity (Wildman–Crippen MR) is 188 cm³/mol. The summed E-state index contributed by atoms with van der Waals surface area (Å²) in [5.74, 6) is 0. The van der Waals surface area contributed by atoms with Crippen LogP contribution in [-0.4, -0.2) is 0 Å². The zero-order chi connectivity index (χ0) is 28.5. The van der Waals surface area contributed by atoms with Gasteiger partial charge in [0.1, 0.15) is 0 Å². The lowest BCUT2D eigenvalue weighted by molar-refractivity contribution is 1.24. The Morgan fingerprint density at radius 3 is 0.773 bits per heavy atom. The fourth-order valence-corrected chi connectivity index (χ4v) is 8.68. The summed E-state index contributed by atoms with van der Waals surface area (Å²) in [4.78, 5) is 0. The van der Waals surface area contributed by atoms with Gasteiger partial charge in [-0.05, 0) is 158 Å². The smallest absolute Gasteiger partial charge is 0.00130 e. The van der Waals surface area contributed by atoms with Crippen LogP contribution in [0.5, 0.6) is 0 Å². The van der Waals surface area contributed by atoms with Crippen molar-refractivity contribution < 1.29 is 0 Å². The topological polar surface area (TPSA) is 0 Å². The highest BCUT2D eigenvalue weighted by atomic mass is 14.3. The van der Waals surface area contributed by atoms with Gasteiger partial charge >= 0.3 is 0 Å². The van der Waals surface area contributed by atoms with Gasteiger partial charge in [-0.25, -0.2) is 0 Å². The number of benzene rings is 9. The summed E-state index contributed by atoms with van der Waals surface area (Å²) in [6, 6.07) is 50.7. The molecule has 2 aliphatic carbocycles. The molecule has 9 aromatic carbocycles. The van der Waals surface area contributed by atoms with Crippen molar-refractivity contribution in [3.8, 4) is 22.3 Å². The first-order valence-electron chi connectivity index (χ1n) is 15.7. The van der Waals surface area contributed by atoms with Gasteiger partial charge in [0.15, 0.2) is 0 Å². The number of hydrogen-bond donors (Lipinski definition) is 0. The van der Waals surface area contributed by atoms with Gasteiger partial charge in [-0.1, -0.05) is 97.1 Å². The molecule has 11 rings (SSSR count). The van der Waals surface area contributed by atoms with Gasteiger partial charge in [-0.3, -0.25) is 0 Å². The summed E-state index contributed by atoms with van der Waals surface area (Å²) in [5, 5.41) is 16.2. The lowest BCUT2D eigenvalue weighted by Crippen LogP contribution is -1.87. The summed E-state index contributed by atoms with van der Waals surface area (Å²) < 4.78 is 0. The van der Waals surface area contributed by atoms with E-state index in [4.69, 9.17) is 0 Å². The average molecular weight is 555 g/mol. The van der Waals surface area contributed by atoms with Crippen molar-refractivity contribution in [2.24, 2.45) is 0 Å². The maximum Gasteiger partial charge on any atom is -0.00130 e. The highest BCUT2D eigenvalue weighted by Crippen LogP contribution is 2.49. The molecule has 2 aliphatic rings. The third-order valence-electron chi connectivity index (χ3n) is 10.6. The van der Waals surface area contributed by atoms with Crippen LogP contribution in [0.1, 0.15) is 22.3 Å². The van der Waals surface area contributed by atoms with Gasteiger partial charge in [0.25, 0.3) is 0 Å². The van der Waals surface area contributed by atoms with Crippen molar-refractivity contribution in [1.82, 2.24) is 0 Å². The molecule has 0 amide bonds. The lowest BCUT2D eigenvalue weighted by atomic mass is 9.91. The third-order valence-corrected chi connectivity index (χ3v) is 10.6. The van der Waals surface area contributed by atoms with Crippen LogP contribution in [0.25, 0.3) is 86.9 Å². The van der Waals surface area contributed by atoms with Crippen LogP contribution in [0.3, 0.4) is 0 Å². The SMILES string of the molecule is c1ccc2c(c1)c1ccccc1c1cc3c(cc21)Cc1cc2c(cc1-3)Cc1cc3c4ccccc4c4ccccc4c3cc1-2. The maximum atomic E-state index is 2.52. The predicted octanol–water partition coefficient (Wildman–Crippen LogP) is 11.7. The molecule has 0 heteroatoms. The minimum Gasteiger partial charge on any atom is -0.0616 e. The van der Waals surface area contributed by atoms with Gasteiger partial charge in [0.05, 0.1) is 0 Å². The molecule has 0 saturated heterocycles. The average Bonchev–Trinajstić information content (AvgIpc) is 3.62. The van der Waals surface area contributed by atoms with E-state index in [1.807, 2.05) is 0 Å². The van der Waals surface area contributed by atoms with Crippen molar-refractivity contribution >= 4 is 64.6 Å². The Bertz CT molecular complexity index is 2570. The molecule has 0 heterocycles. The van der Waals surface area contributed by atoms with Crippen LogP contribution in [0.4, 0.5) is 0 Å². The molecule has 0 radical (unpaired) electrons. The minimum atomic E-state index is 0.992. The van der Waals surface area contributed by atoms with E-state index < -0.39 is 0 Å². The molecular formula is C44H26. The molecule has 0 nitrogen and oxygen atoms in total. The van der Waals surface area contributed by atoms with E-state index in [0.29, 0.717) is 0 Å². The third kappa shape index (κ3) is 2.88. The Morgan fingerprint density at radius 2 is 0.455 bits per heavy atom. The van der Waals surface area contributed by atoms with Gasteiger partial charge in [0, 0.05) is 0 Å². The maximum absolute atomic E-state index is 2.52. The van der Waals surface area contributed by atoms with Crippen LogP contribution < -0.4 is 0 Å². The summed E-state index contributed by atoms with van der Waals surface area (Å²) in [7, 11) is 0. The van der Waals surface area contributed by atoms with Crippen LogP contribution in [0, 0.1) is 0 Å². The second-order valence-electron chi connectivity index (χ2n) is 12.8. The van der Waals surface area contributed by atoms with Crippen LogP contribution >= 0.6 is 0 Å². The van der Waals surface area contributed by atoms with E-state index in [9.17, 15) is 0 Å². The molecule has 0 N–H and O–H groups in total. The van der Waals surface area contributed by atoms with Crippen molar-refractivity contribution in [2.45, 2.75) is 12.8 Å². The normalized spacial score (nSPS) is 13.3. The van der Waals surface area contributed by atoms with Crippen LogP contribution in [0.15, 0.2) is 133 Å². The monoisotopic (exact) mass is 554 g/mol.